The largest absolute Gasteiger partial charge is 0.384 e. The topological polar surface area (TPSA) is 78.9 Å². The van der Waals surface area contributed by atoms with Gasteiger partial charge in [-0.2, -0.15) is 5.10 Å². The van der Waals surface area contributed by atoms with Crippen LogP contribution in [0.4, 0.5) is 5.82 Å². The van der Waals surface area contributed by atoms with Crippen LogP contribution in [0.1, 0.15) is 12.6 Å². The quantitative estimate of drug-likeness (QED) is 0.855. The Bertz CT molecular complexity index is 508. The number of ether oxygens (including phenoxy) is 1. The van der Waals surface area contributed by atoms with Gasteiger partial charge in [0.15, 0.2) is 5.82 Å². The predicted octanol–water partition coefficient (Wildman–Crippen LogP) is 1.09. The third-order valence-electron chi connectivity index (χ3n) is 2.34. The molecule has 17 heavy (non-hydrogen) atoms. The average Bonchev–Trinajstić information content (AvgIpc) is 2.76. The Labute approximate surface area is 99.4 Å². The molecule has 0 saturated carbocycles. The number of hydrogen-bond acceptors (Lipinski definition) is 5. The van der Waals surface area contributed by atoms with E-state index < -0.39 is 0 Å². The molecule has 0 atom stereocenters. The van der Waals surface area contributed by atoms with E-state index in [2.05, 4.69) is 15.1 Å². The van der Waals surface area contributed by atoms with Gasteiger partial charge in [0.05, 0.1) is 12.3 Å². The molecule has 0 bridgehead atoms. The van der Waals surface area contributed by atoms with E-state index in [9.17, 15) is 0 Å². The number of aromatic nitrogens is 4. The van der Waals surface area contributed by atoms with E-state index in [1.807, 2.05) is 17.7 Å². The minimum absolute atomic E-state index is 0.417. The Morgan fingerprint density at radius 2 is 2.24 bits per heavy atom. The fraction of sp³-hybridized carbons (Fsp3) is 0.364. The second kappa shape index (κ2) is 4.92. The number of nitrogen functional groups attached to an aromatic ring is 1. The molecule has 6 heteroatoms. The third kappa shape index (κ3) is 2.42. The fourth-order valence-electron chi connectivity index (χ4n) is 1.63. The Morgan fingerprint density at radius 3 is 2.94 bits per heavy atom. The van der Waals surface area contributed by atoms with Gasteiger partial charge in [-0.05, 0) is 13.0 Å². The molecule has 0 aromatic carbocycles. The maximum absolute atomic E-state index is 5.75. The molecular formula is C11H15N5O. The lowest BCUT2D eigenvalue weighted by Gasteiger charge is -2.06. The van der Waals surface area contributed by atoms with Gasteiger partial charge < -0.3 is 10.5 Å². The molecule has 0 amide bonds. The zero-order valence-electron chi connectivity index (χ0n) is 9.92. The SMILES string of the molecule is CCn1nccc1-c1nc(N)cc(COC)n1. The second-order valence-corrected chi connectivity index (χ2v) is 3.57. The minimum atomic E-state index is 0.417. The van der Waals surface area contributed by atoms with E-state index in [4.69, 9.17) is 10.5 Å². The molecule has 0 fully saturated rings. The lowest BCUT2D eigenvalue weighted by molar-refractivity contribution is 0.181. The number of hydrogen-bond donors (Lipinski definition) is 1. The van der Waals surface area contributed by atoms with Crippen LogP contribution in [-0.2, 0) is 17.9 Å². The molecule has 90 valence electrons. The van der Waals surface area contributed by atoms with Gasteiger partial charge in [-0.3, -0.25) is 4.68 Å². The summed E-state index contributed by atoms with van der Waals surface area (Å²) in [6.45, 7) is 3.19. The van der Waals surface area contributed by atoms with Crippen LogP contribution >= 0.6 is 0 Å². The maximum atomic E-state index is 5.75. The number of aryl methyl sites for hydroxylation is 1. The molecule has 2 N–H and O–H groups in total. The summed E-state index contributed by atoms with van der Waals surface area (Å²) in [6.07, 6.45) is 1.72. The summed E-state index contributed by atoms with van der Waals surface area (Å²) >= 11 is 0. The van der Waals surface area contributed by atoms with E-state index in [1.54, 1.807) is 19.4 Å². The van der Waals surface area contributed by atoms with Gasteiger partial charge in [0.25, 0.3) is 0 Å². The van der Waals surface area contributed by atoms with Crippen LogP contribution in [0.2, 0.25) is 0 Å². The molecule has 2 heterocycles. The molecular weight excluding hydrogens is 218 g/mol. The first kappa shape index (κ1) is 11.5. The van der Waals surface area contributed by atoms with Gasteiger partial charge in [-0.25, -0.2) is 9.97 Å². The van der Waals surface area contributed by atoms with Crippen molar-refractivity contribution in [3.8, 4) is 11.5 Å². The molecule has 0 radical (unpaired) electrons. The summed E-state index contributed by atoms with van der Waals surface area (Å²) in [6, 6.07) is 3.58. The van der Waals surface area contributed by atoms with Crippen molar-refractivity contribution in [2.45, 2.75) is 20.1 Å². The Kier molecular flexibility index (Phi) is 3.34. The molecule has 2 aromatic heterocycles. The highest BCUT2D eigenvalue weighted by Gasteiger charge is 2.09. The number of nitrogens with two attached hydrogens (primary N) is 1. The molecule has 6 nitrogen and oxygen atoms in total. The first-order valence-electron chi connectivity index (χ1n) is 5.39. The molecule has 0 unspecified atom stereocenters. The molecule has 2 aromatic rings. The van der Waals surface area contributed by atoms with Crippen molar-refractivity contribution in [2.75, 3.05) is 12.8 Å². The highest BCUT2D eigenvalue weighted by molar-refractivity contribution is 5.52. The number of methoxy groups -OCH3 is 1. The Morgan fingerprint density at radius 1 is 1.41 bits per heavy atom. The fourth-order valence-corrected chi connectivity index (χ4v) is 1.63. The summed E-state index contributed by atoms with van der Waals surface area (Å²) in [5, 5.41) is 4.18. The molecule has 0 aliphatic rings. The summed E-state index contributed by atoms with van der Waals surface area (Å²) < 4.78 is 6.87. The van der Waals surface area contributed by atoms with Crippen LogP contribution in [0.25, 0.3) is 11.5 Å². The lowest BCUT2D eigenvalue weighted by atomic mass is 10.3. The van der Waals surface area contributed by atoms with Crippen molar-refractivity contribution in [3.05, 3.63) is 24.0 Å². The maximum Gasteiger partial charge on any atom is 0.180 e. The highest BCUT2D eigenvalue weighted by atomic mass is 16.5. The standard InChI is InChI=1S/C11H15N5O/c1-3-16-9(4-5-13-16)11-14-8(7-17-2)6-10(12)15-11/h4-6H,3,7H2,1-2H3,(H2,12,14,15). The molecule has 0 aliphatic carbocycles. The van der Waals surface area contributed by atoms with Crippen molar-refractivity contribution >= 4 is 5.82 Å². The van der Waals surface area contributed by atoms with Crippen molar-refractivity contribution in [1.82, 2.24) is 19.7 Å². The lowest BCUT2D eigenvalue weighted by Crippen LogP contribution is -2.05. The summed E-state index contributed by atoms with van der Waals surface area (Å²) in [5.41, 5.74) is 7.37. The van der Waals surface area contributed by atoms with Crippen LogP contribution in [0.15, 0.2) is 18.3 Å². The monoisotopic (exact) mass is 233 g/mol. The van der Waals surface area contributed by atoms with Crippen LogP contribution in [0.3, 0.4) is 0 Å². The van der Waals surface area contributed by atoms with Crippen molar-refractivity contribution in [3.63, 3.8) is 0 Å². The number of anilines is 1. The van der Waals surface area contributed by atoms with Crippen LogP contribution in [0.5, 0.6) is 0 Å². The normalized spacial score (nSPS) is 10.7. The van der Waals surface area contributed by atoms with Crippen LogP contribution in [-0.4, -0.2) is 26.9 Å². The van der Waals surface area contributed by atoms with Crippen LogP contribution < -0.4 is 5.73 Å². The van der Waals surface area contributed by atoms with E-state index in [0.29, 0.717) is 18.2 Å². The van der Waals surface area contributed by atoms with Gasteiger partial charge in [-0.15, -0.1) is 0 Å². The highest BCUT2D eigenvalue weighted by Crippen LogP contribution is 2.16. The van der Waals surface area contributed by atoms with Gasteiger partial charge in [0.1, 0.15) is 11.5 Å². The third-order valence-corrected chi connectivity index (χ3v) is 2.34. The summed E-state index contributed by atoms with van der Waals surface area (Å²) in [4.78, 5) is 8.61. The van der Waals surface area contributed by atoms with E-state index in [-0.39, 0.29) is 0 Å². The second-order valence-electron chi connectivity index (χ2n) is 3.57. The molecule has 2 rings (SSSR count). The van der Waals surface area contributed by atoms with Gasteiger partial charge in [0.2, 0.25) is 0 Å². The van der Waals surface area contributed by atoms with Crippen molar-refractivity contribution in [2.24, 2.45) is 0 Å². The first-order valence-corrected chi connectivity index (χ1v) is 5.39. The summed E-state index contributed by atoms with van der Waals surface area (Å²) in [5.74, 6) is 1.02. The Hall–Kier alpha value is -1.95. The Balaban J connectivity index is 2.44. The van der Waals surface area contributed by atoms with Gasteiger partial charge in [0, 0.05) is 25.9 Å². The predicted molar refractivity (Wildman–Crippen MR) is 64.1 cm³/mol. The van der Waals surface area contributed by atoms with E-state index in [1.165, 1.54) is 0 Å². The van der Waals surface area contributed by atoms with Crippen LogP contribution in [0, 0.1) is 0 Å². The van der Waals surface area contributed by atoms with E-state index >= 15 is 0 Å². The van der Waals surface area contributed by atoms with Crippen molar-refractivity contribution in [1.29, 1.82) is 0 Å². The smallest absolute Gasteiger partial charge is 0.180 e. The first-order chi connectivity index (χ1) is 8.24. The van der Waals surface area contributed by atoms with E-state index in [0.717, 1.165) is 17.9 Å². The number of rotatable bonds is 4. The average molecular weight is 233 g/mol. The minimum Gasteiger partial charge on any atom is -0.384 e. The number of nitrogens with zero attached hydrogens (tertiary/aromatic N) is 4. The van der Waals surface area contributed by atoms with Gasteiger partial charge >= 0.3 is 0 Å². The van der Waals surface area contributed by atoms with Crippen molar-refractivity contribution < 1.29 is 4.74 Å². The zero-order chi connectivity index (χ0) is 12.3. The zero-order valence-corrected chi connectivity index (χ0v) is 9.92. The summed E-state index contributed by atoms with van der Waals surface area (Å²) in [7, 11) is 1.62. The van der Waals surface area contributed by atoms with Gasteiger partial charge in [-0.1, -0.05) is 0 Å². The molecule has 0 aliphatic heterocycles. The molecule has 0 spiro atoms. The molecule has 0 saturated heterocycles.